The van der Waals surface area contributed by atoms with E-state index in [2.05, 4.69) is 10.6 Å². The molecule has 4 rings (SSSR count). The zero-order valence-corrected chi connectivity index (χ0v) is 17.9. The van der Waals surface area contributed by atoms with E-state index in [1.54, 1.807) is 6.07 Å². The Kier molecular flexibility index (Phi) is 5.86. The summed E-state index contributed by atoms with van der Waals surface area (Å²) in [4.78, 5) is 22.7. The molecule has 0 spiro atoms. The predicted molar refractivity (Wildman–Crippen MR) is 122 cm³/mol. The summed E-state index contributed by atoms with van der Waals surface area (Å²) in [5.41, 5.74) is 2.66. The minimum atomic E-state index is -2.88. The van der Waals surface area contributed by atoms with Crippen LogP contribution in [0.4, 0.5) is 16.6 Å². The molecule has 5 N–H and O–H groups in total. The van der Waals surface area contributed by atoms with E-state index in [1.807, 2.05) is 48.2 Å². The fourth-order valence-corrected chi connectivity index (χ4v) is 5.16. The number of carbonyl (C=O) groups is 1. The molecule has 1 aromatic heterocycles. The summed E-state index contributed by atoms with van der Waals surface area (Å²) in [5.74, 6) is 1.29. The van der Waals surface area contributed by atoms with Crippen molar-refractivity contribution in [3.8, 4) is 0 Å². The van der Waals surface area contributed by atoms with Gasteiger partial charge in [-0.25, -0.2) is 9.78 Å². The summed E-state index contributed by atoms with van der Waals surface area (Å²) in [6.45, 7) is 3.45. The Labute approximate surface area is 181 Å². The highest BCUT2D eigenvalue weighted by Crippen LogP contribution is 2.51. The van der Waals surface area contributed by atoms with Crippen LogP contribution in [-0.4, -0.2) is 55.7 Å². The Morgan fingerprint density at radius 1 is 1.16 bits per heavy atom. The average molecular weight is 444 g/mol. The average Bonchev–Trinajstić information content (AvgIpc) is 2.87. The third-order valence-corrected chi connectivity index (χ3v) is 7.00. The van der Waals surface area contributed by atoms with Crippen LogP contribution in [0.3, 0.4) is 0 Å². The Morgan fingerprint density at radius 3 is 2.77 bits per heavy atom. The van der Waals surface area contributed by atoms with Crippen molar-refractivity contribution in [1.82, 2.24) is 15.3 Å². The molecule has 0 saturated heterocycles. The van der Waals surface area contributed by atoms with Gasteiger partial charge in [0, 0.05) is 31.6 Å². The van der Waals surface area contributed by atoms with E-state index in [-0.39, 0.29) is 12.3 Å². The standard InChI is InChI=1S/C21H25N5O4S/c1-14-6-7-17-16(12-14)19(22-8-9-23-21(27)28)25-20(24-17)26-10-11-31(29,30)18-5-3-2-4-15(18)13-26/h2-7,12,23,29-30H,8-11,13H2,1H3,(H,27,28)(H,22,24,25). The number of nitrogens with zero attached hydrogens (tertiary/aromatic N) is 3. The molecule has 0 aliphatic carbocycles. The number of amides is 1. The smallest absolute Gasteiger partial charge is 0.404 e. The number of carboxylic acid groups (broad SMARTS) is 1. The monoisotopic (exact) mass is 443 g/mol. The largest absolute Gasteiger partial charge is 0.465 e. The molecule has 10 heteroatoms. The molecule has 0 saturated carbocycles. The van der Waals surface area contributed by atoms with Crippen molar-refractivity contribution >= 4 is 39.4 Å². The molecule has 2 heterocycles. The molecule has 0 unspecified atom stereocenters. The second kappa shape index (κ2) is 8.58. The van der Waals surface area contributed by atoms with E-state index in [0.717, 1.165) is 22.0 Å². The van der Waals surface area contributed by atoms with Crippen molar-refractivity contribution in [1.29, 1.82) is 0 Å². The van der Waals surface area contributed by atoms with Crippen LogP contribution in [0.25, 0.3) is 10.9 Å². The van der Waals surface area contributed by atoms with E-state index in [1.165, 1.54) is 0 Å². The van der Waals surface area contributed by atoms with Crippen LogP contribution in [0.2, 0.25) is 0 Å². The van der Waals surface area contributed by atoms with E-state index in [0.29, 0.717) is 36.3 Å². The van der Waals surface area contributed by atoms with Gasteiger partial charge in [-0.15, -0.1) is 0 Å². The second-order valence-corrected chi connectivity index (χ2v) is 9.63. The predicted octanol–water partition coefficient (Wildman–Crippen LogP) is 3.75. The molecule has 2 aromatic carbocycles. The molecule has 1 aliphatic heterocycles. The summed E-state index contributed by atoms with van der Waals surface area (Å²) in [6, 6.07) is 13.2. The number of hydrogen-bond donors (Lipinski definition) is 5. The molecule has 0 bridgehead atoms. The normalized spacial score (nSPS) is 16.3. The van der Waals surface area contributed by atoms with Gasteiger partial charge in [0.1, 0.15) is 5.82 Å². The first-order chi connectivity index (χ1) is 14.8. The van der Waals surface area contributed by atoms with Crippen molar-refractivity contribution in [2.75, 3.05) is 35.6 Å². The zero-order chi connectivity index (χ0) is 22.0. The second-order valence-electron chi connectivity index (χ2n) is 7.45. The SMILES string of the molecule is Cc1ccc2nc(N3CCS(O)(O)c4ccccc4C3)nc(NCCNC(=O)O)c2c1. The highest BCUT2D eigenvalue weighted by molar-refractivity contribution is 8.24. The first-order valence-corrected chi connectivity index (χ1v) is 11.6. The van der Waals surface area contributed by atoms with Crippen LogP contribution >= 0.6 is 10.6 Å². The van der Waals surface area contributed by atoms with Gasteiger partial charge in [0.15, 0.2) is 0 Å². The van der Waals surface area contributed by atoms with Crippen molar-refractivity contribution in [3.05, 3.63) is 53.6 Å². The van der Waals surface area contributed by atoms with Gasteiger partial charge in [0.05, 0.1) is 16.2 Å². The Balaban J connectivity index is 1.69. The van der Waals surface area contributed by atoms with E-state index in [4.69, 9.17) is 15.1 Å². The van der Waals surface area contributed by atoms with Gasteiger partial charge < -0.3 is 20.6 Å². The highest BCUT2D eigenvalue weighted by atomic mass is 32.3. The van der Waals surface area contributed by atoms with Gasteiger partial charge in [-0.3, -0.25) is 9.11 Å². The number of benzene rings is 2. The molecular formula is C21H25N5O4S. The summed E-state index contributed by atoms with van der Waals surface area (Å²) in [7, 11) is -2.88. The number of aromatic nitrogens is 2. The molecule has 1 amide bonds. The third-order valence-electron chi connectivity index (χ3n) is 5.15. The molecular weight excluding hydrogens is 418 g/mol. The van der Waals surface area contributed by atoms with Crippen LogP contribution in [0.15, 0.2) is 47.4 Å². The Morgan fingerprint density at radius 2 is 1.97 bits per heavy atom. The topological polar surface area (TPSA) is 131 Å². The molecule has 0 atom stereocenters. The van der Waals surface area contributed by atoms with Gasteiger partial charge in [-0.05, 0) is 30.7 Å². The maximum atomic E-state index is 10.7. The Bertz CT molecular complexity index is 1120. The number of rotatable bonds is 5. The number of fused-ring (bicyclic) bond motifs is 2. The molecule has 1 aliphatic rings. The van der Waals surface area contributed by atoms with Crippen molar-refractivity contribution in [3.63, 3.8) is 0 Å². The summed E-state index contributed by atoms with van der Waals surface area (Å²) >= 11 is 0. The molecule has 3 aromatic rings. The van der Waals surface area contributed by atoms with Crippen molar-refractivity contribution in [2.45, 2.75) is 18.4 Å². The van der Waals surface area contributed by atoms with E-state index >= 15 is 0 Å². The van der Waals surface area contributed by atoms with Crippen molar-refractivity contribution in [2.24, 2.45) is 0 Å². The maximum Gasteiger partial charge on any atom is 0.404 e. The van der Waals surface area contributed by atoms with E-state index < -0.39 is 16.7 Å². The van der Waals surface area contributed by atoms with Gasteiger partial charge in [0.2, 0.25) is 5.95 Å². The third kappa shape index (κ3) is 4.66. The fraction of sp³-hybridized carbons (Fsp3) is 0.286. The van der Waals surface area contributed by atoms with Gasteiger partial charge >= 0.3 is 6.09 Å². The van der Waals surface area contributed by atoms with Crippen LogP contribution in [0.5, 0.6) is 0 Å². The minimum Gasteiger partial charge on any atom is -0.465 e. The van der Waals surface area contributed by atoms with Crippen LogP contribution < -0.4 is 15.5 Å². The summed E-state index contributed by atoms with van der Waals surface area (Å²) in [6.07, 6.45) is -1.08. The van der Waals surface area contributed by atoms with Crippen LogP contribution in [-0.2, 0) is 6.54 Å². The number of nitrogens with one attached hydrogen (secondary N) is 2. The first kappa shape index (κ1) is 21.2. The lowest BCUT2D eigenvalue weighted by molar-refractivity contribution is 0.195. The molecule has 31 heavy (non-hydrogen) atoms. The lowest BCUT2D eigenvalue weighted by atomic mass is 10.1. The molecule has 0 radical (unpaired) electrons. The quantitative estimate of drug-likeness (QED) is 0.377. The summed E-state index contributed by atoms with van der Waals surface area (Å²) in [5, 5.41) is 15.2. The number of hydrogen-bond acceptors (Lipinski definition) is 7. The molecule has 0 fully saturated rings. The molecule has 9 nitrogen and oxygen atoms in total. The van der Waals surface area contributed by atoms with Crippen molar-refractivity contribution < 1.29 is 19.0 Å². The lowest BCUT2D eigenvalue weighted by Gasteiger charge is -2.32. The number of aryl methyl sites for hydroxylation is 1. The zero-order valence-electron chi connectivity index (χ0n) is 17.1. The van der Waals surface area contributed by atoms with Crippen LogP contribution in [0.1, 0.15) is 11.1 Å². The van der Waals surface area contributed by atoms with Gasteiger partial charge in [-0.2, -0.15) is 15.6 Å². The highest BCUT2D eigenvalue weighted by Gasteiger charge is 2.27. The maximum absolute atomic E-state index is 10.7. The minimum absolute atomic E-state index is 0.199. The summed E-state index contributed by atoms with van der Waals surface area (Å²) < 4.78 is 21.2. The van der Waals surface area contributed by atoms with Gasteiger partial charge in [-0.1, -0.05) is 29.8 Å². The number of anilines is 2. The Hall–Kier alpha value is -3.08. The van der Waals surface area contributed by atoms with E-state index in [9.17, 15) is 13.9 Å². The molecule has 164 valence electrons. The van der Waals surface area contributed by atoms with Crippen LogP contribution in [0, 0.1) is 6.92 Å². The first-order valence-electron chi connectivity index (χ1n) is 9.91. The fourth-order valence-electron chi connectivity index (χ4n) is 3.61. The lowest BCUT2D eigenvalue weighted by Crippen LogP contribution is -2.28. The van der Waals surface area contributed by atoms with Gasteiger partial charge in [0.25, 0.3) is 0 Å².